The van der Waals surface area contributed by atoms with Crippen LogP contribution >= 0.6 is 11.6 Å². The molecule has 130 valence electrons. The zero-order valence-corrected chi connectivity index (χ0v) is 14.3. The van der Waals surface area contributed by atoms with Crippen LogP contribution in [-0.2, 0) is 0 Å². The lowest BCUT2D eigenvalue weighted by atomic mass is 10.1. The summed E-state index contributed by atoms with van der Waals surface area (Å²) in [4.78, 5) is 24.7. The first-order valence-electron chi connectivity index (χ1n) is 7.49. The lowest BCUT2D eigenvalue weighted by Gasteiger charge is -2.25. The van der Waals surface area contributed by atoms with Crippen molar-refractivity contribution in [1.82, 2.24) is 4.90 Å². The summed E-state index contributed by atoms with van der Waals surface area (Å²) in [6.07, 6.45) is 0. The molecule has 7 nitrogen and oxygen atoms in total. The van der Waals surface area contributed by atoms with Gasteiger partial charge < -0.3 is 14.4 Å². The second-order valence-electron chi connectivity index (χ2n) is 5.64. The van der Waals surface area contributed by atoms with Crippen LogP contribution in [-0.4, -0.2) is 29.6 Å². The fourth-order valence-corrected chi connectivity index (χ4v) is 2.86. The number of benzene rings is 2. The van der Waals surface area contributed by atoms with E-state index in [4.69, 9.17) is 21.1 Å². The highest BCUT2D eigenvalue weighted by atomic mass is 35.5. The van der Waals surface area contributed by atoms with Gasteiger partial charge in [0.2, 0.25) is 6.79 Å². The standard InChI is InChI=1S/C17H15ClN2O5/c1-10(11-4-3-5-13(6-11)20(22)23)19(2)17(21)12-7-14(18)16-15(8-12)24-9-25-16/h3-8,10H,9H2,1-2H3/t10-/m1/s1. The first kappa shape index (κ1) is 17.0. The third-order valence-corrected chi connectivity index (χ3v) is 4.42. The maximum absolute atomic E-state index is 12.8. The van der Waals surface area contributed by atoms with Crippen molar-refractivity contribution in [3.8, 4) is 11.5 Å². The van der Waals surface area contributed by atoms with E-state index in [1.165, 1.54) is 23.1 Å². The van der Waals surface area contributed by atoms with Gasteiger partial charge in [-0.25, -0.2) is 0 Å². The minimum absolute atomic E-state index is 0.0173. The number of fused-ring (bicyclic) bond motifs is 1. The van der Waals surface area contributed by atoms with Crippen molar-refractivity contribution in [2.24, 2.45) is 0 Å². The van der Waals surface area contributed by atoms with Crippen molar-refractivity contribution >= 4 is 23.2 Å². The summed E-state index contributed by atoms with van der Waals surface area (Å²) < 4.78 is 10.5. The average molecular weight is 363 g/mol. The first-order valence-corrected chi connectivity index (χ1v) is 7.87. The predicted octanol–water partition coefficient (Wildman–Crippen LogP) is 3.81. The number of nitro benzene ring substituents is 1. The maximum Gasteiger partial charge on any atom is 0.269 e. The third kappa shape index (κ3) is 3.23. The molecule has 0 fully saturated rings. The van der Waals surface area contributed by atoms with Crippen LogP contribution in [0.25, 0.3) is 0 Å². The number of hydrogen-bond donors (Lipinski definition) is 0. The van der Waals surface area contributed by atoms with Crippen LogP contribution in [0.1, 0.15) is 28.9 Å². The van der Waals surface area contributed by atoms with E-state index in [0.29, 0.717) is 27.6 Å². The fraction of sp³-hybridized carbons (Fsp3) is 0.235. The second kappa shape index (κ2) is 6.60. The fourth-order valence-electron chi connectivity index (χ4n) is 2.59. The molecule has 1 atom stereocenters. The highest BCUT2D eigenvalue weighted by Crippen LogP contribution is 2.40. The Morgan fingerprint density at radius 3 is 2.80 bits per heavy atom. The molecule has 0 saturated carbocycles. The lowest BCUT2D eigenvalue weighted by Crippen LogP contribution is -2.29. The summed E-state index contributed by atoms with van der Waals surface area (Å²) in [5.74, 6) is 0.569. The van der Waals surface area contributed by atoms with Crippen LogP contribution in [0.4, 0.5) is 5.69 Å². The quantitative estimate of drug-likeness (QED) is 0.610. The highest BCUT2D eigenvalue weighted by Gasteiger charge is 2.25. The van der Waals surface area contributed by atoms with Gasteiger partial charge in [0, 0.05) is 24.7 Å². The van der Waals surface area contributed by atoms with E-state index in [9.17, 15) is 14.9 Å². The van der Waals surface area contributed by atoms with Crippen LogP contribution in [0.15, 0.2) is 36.4 Å². The molecule has 1 aliphatic heterocycles. The Morgan fingerprint density at radius 1 is 1.32 bits per heavy atom. The molecular formula is C17H15ClN2O5. The molecule has 0 radical (unpaired) electrons. The van der Waals surface area contributed by atoms with Gasteiger partial charge in [-0.2, -0.15) is 0 Å². The topological polar surface area (TPSA) is 81.9 Å². The Balaban J connectivity index is 1.86. The molecular weight excluding hydrogens is 348 g/mol. The van der Waals surface area contributed by atoms with E-state index in [2.05, 4.69) is 0 Å². The lowest BCUT2D eigenvalue weighted by molar-refractivity contribution is -0.384. The zero-order valence-electron chi connectivity index (χ0n) is 13.6. The van der Waals surface area contributed by atoms with Crippen molar-refractivity contribution in [3.63, 3.8) is 0 Å². The van der Waals surface area contributed by atoms with E-state index in [-0.39, 0.29) is 24.4 Å². The van der Waals surface area contributed by atoms with Gasteiger partial charge in [0.05, 0.1) is 16.0 Å². The number of amides is 1. The SMILES string of the molecule is C[C@H](c1cccc([N+](=O)[O-])c1)N(C)C(=O)c1cc(Cl)c2c(c1)OCO2. The maximum atomic E-state index is 12.8. The van der Waals surface area contributed by atoms with Gasteiger partial charge in [-0.15, -0.1) is 0 Å². The van der Waals surface area contributed by atoms with Gasteiger partial charge in [-0.3, -0.25) is 14.9 Å². The molecule has 1 aliphatic rings. The molecule has 1 amide bonds. The molecule has 0 N–H and O–H groups in total. The van der Waals surface area contributed by atoms with Crippen molar-refractivity contribution < 1.29 is 19.2 Å². The minimum atomic E-state index is -0.463. The molecule has 25 heavy (non-hydrogen) atoms. The number of rotatable bonds is 4. The summed E-state index contributed by atoms with van der Waals surface area (Å²) in [6, 6.07) is 8.95. The van der Waals surface area contributed by atoms with Gasteiger partial charge in [-0.1, -0.05) is 23.7 Å². The number of carbonyl (C=O) groups is 1. The molecule has 0 aliphatic carbocycles. The van der Waals surface area contributed by atoms with Gasteiger partial charge >= 0.3 is 0 Å². The molecule has 0 saturated heterocycles. The summed E-state index contributed by atoms with van der Waals surface area (Å²) in [5.41, 5.74) is 1.00. The molecule has 2 aromatic rings. The molecule has 0 bridgehead atoms. The van der Waals surface area contributed by atoms with E-state index in [1.807, 2.05) is 0 Å². The van der Waals surface area contributed by atoms with Crippen LogP contribution in [0, 0.1) is 10.1 Å². The molecule has 1 heterocycles. The molecule has 0 aromatic heterocycles. The van der Waals surface area contributed by atoms with Crippen molar-refractivity contribution in [3.05, 3.63) is 62.7 Å². The van der Waals surface area contributed by atoms with Crippen LogP contribution in [0.5, 0.6) is 11.5 Å². The normalized spacial score (nSPS) is 13.4. The summed E-state index contributed by atoms with van der Waals surface area (Å²) in [5, 5.41) is 11.2. The number of nitro groups is 1. The monoisotopic (exact) mass is 362 g/mol. The van der Waals surface area contributed by atoms with Gasteiger partial charge in [0.1, 0.15) is 0 Å². The number of hydrogen-bond acceptors (Lipinski definition) is 5. The van der Waals surface area contributed by atoms with E-state index in [0.717, 1.165) is 0 Å². The van der Waals surface area contributed by atoms with Crippen molar-refractivity contribution in [2.75, 3.05) is 13.8 Å². The second-order valence-corrected chi connectivity index (χ2v) is 6.04. The smallest absolute Gasteiger partial charge is 0.269 e. The zero-order chi connectivity index (χ0) is 18.1. The van der Waals surface area contributed by atoms with Crippen LogP contribution in [0.2, 0.25) is 5.02 Å². The average Bonchev–Trinajstić information content (AvgIpc) is 3.09. The molecule has 2 aromatic carbocycles. The van der Waals surface area contributed by atoms with Gasteiger partial charge in [-0.05, 0) is 24.6 Å². The van der Waals surface area contributed by atoms with Crippen LogP contribution in [0.3, 0.4) is 0 Å². The number of halogens is 1. The van der Waals surface area contributed by atoms with Crippen molar-refractivity contribution in [1.29, 1.82) is 0 Å². The Bertz CT molecular complexity index is 855. The predicted molar refractivity (Wildman–Crippen MR) is 91.2 cm³/mol. The van der Waals surface area contributed by atoms with Gasteiger partial charge in [0.25, 0.3) is 11.6 Å². The number of non-ortho nitro benzene ring substituents is 1. The Hall–Kier alpha value is -2.80. The Kier molecular flexibility index (Phi) is 4.50. The minimum Gasteiger partial charge on any atom is -0.454 e. The van der Waals surface area contributed by atoms with E-state index >= 15 is 0 Å². The van der Waals surface area contributed by atoms with E-state index < -0.39 is 4.92 Å². The Labute approximate surface area is 148 Å². The van der Waals surface area contributed by atoms with Crippen molar-refractivity contribution in [2.45, 2.75) is 13.0 Å². The molecule has 8 heteroatoms. The number of carbonyl (C=O) groups excluding carboxylic acids is 1. The third-order valence-electron chi connectivity index (χ3n) is 4.14. The van der Waals surface area contributed by atoms with Gasteiger partial charge in [0.15, 0.2) is 11.5 Å². The molecule has 3 rings (SSSR count). The largest absolute Gasteiger partial charge is 0.454 e. The molecule has 0 spiro atoms. The summed E-state index contributed by atoms with van der Waals surface area (Å²) in [7, 11) is 1.63. The number of ether oxygens (including phenoxy) is 2. The first-order chi connectivity index (χ1) is 11.9. The number of nitrogens with zero attached hydrogens (tertiary/aromatic N) is 2. The highest BCUT2D eigenvalue weighted by molar-refractivity contribution is 6.32. The summed E-state index contributed by atoms with van der Waals surface area (Å²) in [6.45, 7) is 1.86. The molecule has 0 unspecified atom stereocenters. The van der Waals surface area contributed by atoms with E-state index in [1.54, 1.807) is 32.2 Å². The summed E-state index contributed by atoms with van der Waals surface area (Å²) >= 11 is 6.13. The Morgan fingerprint density at radius 2 is 2.08 bits per heavy atom. The van der Waals surface area contributed by atoms with Crippen LogP contribution < -0.4 is 9.47 Å².